The summed E-state index contributed by atoms with van der Waals surface area (Å²) in [5.74, 6) is 0. The van der Waals surface area contributed by atoms with Crippen molar-refractivity contribution < 1.29 is 14.3 Å². The van der Waals surface area contributed by atoms with Gasteiger partial charge in [0.1, 0.15) is 5.60 Å². The lowest BCUT2D eigenvalue weighted by molar-refractivity contribution is -0.0945. The molecule has 1 amide bonds. The van der Waals surface area contributed by atoms with Gasteiger partial charge in [-0.3, -0.25) is 0 Å². The van der Waals surface area contributed by atoms with E-state index in [-0.39, 0.29) is 23.5 Å². The summed E-state index contributed by atoms with van der Waals surface area (Å²) < 4.78 is 11.7. The van der Waals surface area contributed by atoms with Crippen molar-refractivity contribution in [3.63, 3.8) is 0 Å². The molecule has 0 aromatic heterocycles. The van der Waals surface area contributed by atoms with Gasteiger partial charge in [-0.05, 0) is 47.5 Å². The maximum absolute atomic E-state index is 12.0. The van der Waals surface area contributed by atoms with Gasteiger partial charge in [0.15, 0.2) is 0 Å². The minimum Gasteiger partial charge on any atom is -0.444 e. The van der Waals surface area contributed by atoms with Crippen molar-refractivity contribution in [3.05, 3.63) is 0 Å². The van der Waals surface area contributed by atoms with Crippen LogP contribution in [0.25, 0.3) is 0 Å². The summed E-state index contributed by atoms with van der Waals surface area (Å²) >= 11 is 0. The zero-order chi connectivity index (χ0) is 16.6. The molecule has 1 saturated carbocycles. The van der Waals surface area contributed by atoms with Crippen LogP contribution in [0.5, 0.6) is 0 Å². The molecule has 4 nitrogen and oxygen atoms in total. The number of nitrogens with zero attached hydrogens (tertiary/aromatic N) is 1. The van der Waals surface area contributed by atoms with Crippen LogP contribution in [-0.2, 0) is 9.47 Å². The summed E-state index contributed by atoms with van der Waals surface area (Å²) in [7, 11) is 0.458. The molecule has 0 radical (unpaired) electrons. The summed E-state index contributed by atoms with van der Waals surface area (Å²) in [5, 5.41) is -0.0346. The van der Waals surface area contributed by atoms with Crippen molar-refractivity contribution in [3.8, 4) is 0 Å². The van der Waals surface area contributed by atoms with Crippen LogP contribution in [0.3, 0.4) is 0 Å². The van der Waals surface area contributed by atoms with Gasteiger partial charge in [0.2, 0.25) is 0 Å². The van der Waals surface area contributed by atoms with E-state index in [1.54, 1.807) is 4.90 Å². The molecule has 0 unspecified atom stereocenters. The van der Waals surface area contributed by atoms with Gasteiger partial charge in [-0.15, -0.1) is 0 Å². The third kappa shape index (κ3) is 4.99. The van der Waals surface area contributed by atoms with Gasteiger partial charge in [-0.25, -0.2) is 4.79 Å². The Morgan fingerprint density at radius 2 is 1.57 bits per heavy atom. The number of ether oxygens (including phenoxy) is 2. The van der Waals surface area contributed by atoms with E-state index in [2.05, 4.69) is 33.5 Å². The van der Waals surface area contributed by atoms with Crippen molar-refractivity contribution in [2.75, 3.05) is 7.05 Å². The van der Waals surface area contributed by atoms with Gasteiger partial charge in [0.25, 0.3) is 0 Å². The molecule has 1 rings (SSSR count). The lowest BCUT2D eigenvalue weighted by atomic mass is 9.88. The van der Waals surface area contributed by atoms with Crippen molar-refractivity contribution >= 4 is 14.2 Å². The predicted molar refractivity (Wildman–Crippen MR) is 89.3 cm³/mol. The topological polar surface area (TPSA) is 38.8 Å². The van der Waals surface area contributed by atoms with Gasteiger partial charge in [-0.1, -0.05) is 19.6 Å². The van der Waals surface area contributed by atoms with Crippen LogP contribution in [0, 0.1) is 0 Å². The second-order valence-corrected chi connectivity index (χ2v) is 14.4. The lowest BCUT2D eigenvalue weighted by Crippen LogP contribution is -2.56. The first-order chi connectivity index (χ1) is 9.23. The fourth-order valence-electron chi connectivity index (χ4n) is 2.03. The van der Waals surface area contributed by atoms with Crippen molar-refractivity contribution in [2.24, 2.45) is 0 Å². The molecule has 0 spiro atoms. The maximum atomic E-state index is 12.0. The molecule has 1 fully saturated rings. The molecule has 0 atom stereocenters. The normalized spacial score (nSPS) is 23.5. The molecule has 0 saturated heterocycles. The molecular weight excluding hydrogens is 282 g/mol. The first kappa shape index (κ1) is 18.5. The Kier molecular flexibility index (Phi) is 5.21. The van der Waals surface area contributed by atoms with Gasteiger partial charge in [-0.2, -0.15) is 0 Å². The zero-order valence-electron chi connectivity index (χ0n) is 15.2. The molecule has 21 heavy (non-hydrogen) atoms. The Labute approximate surface area is 131 Å². The molecular formula is C16H33NO3Si. The van der Waals surface area contributed by atoms with Crippen molar-refractivity contribution in [1.82, 2.24) is 4.90 Å². The van der Waals surface area contributed by atoms with Crippen LogP contribution in [-0.4, -0.2) is 49.1 Å². The largest absolute Gasteiger partial charge is 0.444 e. The summed E-state index contributed by atoms with van der Waals surface area (Å²) in [6.45, 7) is 17.1. The molecule has 5 heteroatoms. The van der Waals surface area contributed by atoms with Crippen LogP contribution in [0.1, 0.15) is 47.5 Å². The summed E-state index contributed by atoms with van der Waals surface area (Å²) in [6.07, 6.45) is 1.84. The van der Waals surface area contributed by atoms with Crippen LogP contribution >= 0.6 is 0 Å². The third-order valence-electron chi connectivity index (χ3n) is 4.57. The Morgan fingerprint density at radius 3 is 1.95 bits per heavy atom. The highest BCUT2D eigenvalue weighted by Gasteiger charge is 2.43. The highest BCUT2D eigenvalue weighted by molar-refractivity contribution is 6.78. The second-order valence-electron chi connectivity index (χ2n) is 8.72. The Morgan fingerprint density at radius 1 is 1.10 bits per heavy atom. The van der Waals surface area contributed by atoms with Gasteiger partial charge >= 0.3 is 6.09 Å². The summed E-state index contributed by atoms with van der Waals surface area (Å²) in [4.78, 5) is 13.7. The number of carbonyl (C=O) groups excluding carboxylic acids is 1. The molecule has 0 heterocycles. The molecule has 1 aliphatic carbocycles. The van der Waals surface area contributed by atoms with Gasteiger partial charge in [0, 0.05) is 13.1 Å². The SMILES string of the molecule is CN(C(=O)OC(C)(C)C)C1CC(OC(C)(C)[Si](C)(C)C)C1. The van der Waals surface area contributed by atoms with E-state index in [1.165, 1.54) is 0 Å². The highest BCUT2D eigenvalue weighted by atomic mass is 28.3. The van der Waals surface area contributed by atoms with Crippen molar-refractivity contribution in [1.29, 1.82) is 0 Å². The smallest absolute Gasteiger partial charge is 0.410 e. The number of rotatable bonds is 4. The lowest BCUT2D eigenvalue weighted by Gasteiger charge is -2.47. The van der Waals surface area contributed by atoms with Gasteiger partial charge in [0.05, 0.1) is 19.4 Å². The summed E-state index contributed by atoms with van der Waals surface area (Å²) in [6, 6.07) is 0.238. The summed E-state index contributed by atoms with van der Waals surface area (Å²) in [5.41, 5.74) is -0.440. The van der Waals surface area contributed by atoms with E-state index in [1.807, 2.05) is 27.8 Å². The Bertz CT molecular complexity index is 376. The Hall–Kier alpha value is -0.553. The number of hydrogen-bond acceptors (Lipinski definition) is 3. The van der Waals surface area contributed by atoms with E-state index in [9.17, 15) is 4.79 Å². The predicted octanol–water partition coefficient (Wildman–Crippen LogP) is 4.06. The highest BCUT2D eigenvalue weighted by Crippen LogP contribution is 2.34. The quantitative estimate of drug-likeness (QED) is 0.734. The minimum atomic E-state index is -1.36. The molecule has 1 aliphatic rings. The average molecular weight is 316 g/mol. The molecule has 0 aromatic carbocycles. The van der Waals surface area contributed by atoms with Crippen LogP contribution in [0.2, 0.25) is 19.6 Å². The van der Waals surface area contributed by atoms with Crippen molar-refractivity contribution in [2.45, 2.75) is 90.1 Å². The first-order valence-electron chi connectivity index (χ1n) is 7.86. The van der Waals surface area contributed by atoms with Gasteiger partial charge < -0.3 is 14.4 Å². The Balaban J connectivity index is 2.45. The van der Waals surface area contributed by atoms with Crippen LogP contribution in [0.4, 0.5) is 4.79 Å². The van der Waals surface area contributed by atoms with E-state index in [0.717, 1.165) is 12.8 Å². The maximum Gasteiger partial charge on any atom is 0.410 e. The minimum absolute atomic E-state index is 0.0346. The second kappa shape index (κ2) is 5.92. The van der Waals surface area contributed by atoms with E-state index in [4.69, 9.17) is 9.47 Å². The molecule has 124 valence electrons. The molecule has 0 bridgehead atoms. The molecule has 0 aromatic rings. The fraction of sp³-hybridized carbons (Fsp3) is 0.938. The van der Waals surface area contributed by atoms with E-state index in [0.29, 0.717) is 0 Å². The number of carbonyl (C=O) groups is 1. The van der Waals surface area contributed by atoms with Crippen LogP contribution < -0.4 is 0 Å². The standard InChI is InChI=1S/C16H33NO3Si/c1-15(2,3)20-14(18)17(6)12-10-13(11-12)19-16(4,5)21(7,8)9/h12-13H,10-11H2,1-9H3. The first-order valence-corrected chi connectivity index (χ1v) is 11.4. The fourth-order valence-corrected chi connectivity index (χ4v) is 2.55. The van der Waals surface area contributed by atoms with Crippen LogP contribution in [0.15, 0.2) is 0 Å². The third-order valence-corrected chi connectivity index (χ3v) is 8.30. The monoisotopic (exact) mass is 315 g/mol. The molecule has 0 aliphatic heterocycles. The van der Waals surface area contributed by atoms with E-state index < -0.39 is 13.7 Å². The zero-order valence-corrected chi connectivity index (χ0v) is 16.2. The van der Waals surface area contributed by atoms with E-state index >= 15 is 0 Å². The average Bonchev–Trinajstić information content (AvgIpc) is 2.17. The number of hydrogen-bond donors (Lipinski definition) is 0. The molecule has 0 N–H and O–H groups in total. The number of amides is 1.